The number of rotatable bonds is 1. The summed E-state index contributed by atoms with van der Waals surface area (Å²) < 4.78 is 31.7. The molecule has 8 heteroatoms. The molecule has 3 N–H and O–H groups in total. The summed E-state index contributed by atoms with van der Waals surface area (Å²) in [5.41, 5.74) is 6.20. The van der Waals surface area contributed by atoms with Gasteiger partial charge in [0.25, 0.3) is 5.91 Å². The molecular weight excluding hydrogens is 277 g/mol. The molecule has 1 aromatic heterocycles. The second kappa shape index (κ2) is 6.00. The molecule has 0 bridgehead atoms. The Hall–Kier alpha value is -2.64. The van der Waals surface area contributed by atoms with Crippen molar-refractivity contribution in [2.75, 3.05) is 0 Å². The minimum Gasteiger partial charge on any atom is -0.475 e. The van der Waals surface area contributed by atoms with Crippen LogP contribution in [0.4, 0.5) is 13.2 Å². The molecule has 106 valence electrons. The zero-order chi connectivity index (χ0) is 15.3. The van der Waals surface area contributed by atoms with E-state index in [9.17, 15) is 18.0 Å². The van der Waals surface area contributed by atoms with Gasteiger partial charge in [-0.3, -0.25) is 4.79 Å². The van der Waals surface area contributed by atoms with Gasteiger partial charge in [-0.15, -0.1) is 0 Å². The van der Waals surface area contributed by atoms with Gasteiger partial charge in [0.2, 0.25) is 0 Å². The third-order valence-electron chi connectivity index (χ3n) is 2.09. The maximum absolute atomic E-state index is 10.8. The fraction of sp³-hybridized carbons (Fsp3) is 0.0833. The molecule has 0 fully saturated rings. The smallest absolute Gasteiger partial charge is 0.475 e. The molecular formula is C12H9F3N2O3. The molecule has 1 amide bonds. The van der Waals surface area contributed by atoms with Gasteiger partial charge in [0, 0.05) is 5.39 Å². The first kappa shape index (κ1) is 15.4. The van der Waals surface area contributed by atoms with Crippen molar-refractivity contribution >= 4 is 22.8 Å². The highest BCUT2D eigenvalue weighted by Crippen LogP contribution is 2.13. The van der Waals surface area contributed by atoms with Crippen molar-refractivity contribution in [1.82, 2.24) is 4.98 Å². The highest BCUT2D eigenvalue weighted by Gasteiger charge is 2.38. The Bertz CT molecular complexity index is 641. The monoisotopic (exact) mass is 286 g/mol. The molecule has 0 saturated carbocycles. The first-order valence-corrected chi connectivity index (χ1v) is 5.17. The van der Waals surface area contributed by atoms with E-state index in [1.807, 2.05) is 30.3 Å². The molecule has 0 spiro atoms. The fourth-order valence-electron chi connectivity index (χ4n) is 1.20. The second-order valence-corrected chi connectivity index (χ2v) is 3.56. The molecule has 2 aromatic rings. The quantitative estimate of drug-likeness (QED) is 0.838. The average molecular weight is 286 g/mol. The highest BCUT2D eigenvalue weighted by atomic mass is 19.4. The van der Waals surface area contributed by atoms with Crippen LogP contribution >= 0.6 is 0 Å². The number of carbonyl (C=O) groups excluding carboxylic acids is 1. The molecule has 0 aliphatic heterocycles. The Morgan fingerprint density at radius 2 is 1.65 bits per heavy atom. The van der Waals surface area contributed by atoms with E-state index in [0.717, 1.165) is 10.9 Å². The van der Waals surface area contributed by atoms with E-state index in [-0.39, 0.29) is 0 Å². The molecule has 0 saturated heterocycles. The number of nitrogens with zero attached hydrogens (tertiary/aromatic N) is 1. The second-order valence-electron chi connectivity index (χ2n) is 3.56. The minimum atomic E-state index is -5.08. The van der Waals surface area contributed by atoms with Gasteiger partial charge in [0.1, 0.15) is 5.69 Å². The maximum atomic E-state index is 10.8. The van der Waals surface area contributed by atoms with E-state index in [1.165, 1.54) is 0 Å². The number of para-hydroxylation sites is 1. The molecule has 0 atom stereocenters. The van der Waals surface area contributed by atoms with E-state index >= 15 is 0 Å². The average Bonchev–Trinajstić information content (AvgIpc) is 2.37. The van der Waals surface area contributed by atoms with E-state index < -0.39 is 18.1 Å². The lowest BCUT2D eigenvalue weighted by atomic mass is 10.2. The van der Waals surface area contributed by atoms with Crippen molar-refractivity contribution in [3.05, 3.63) is 42.1 Å². The number of nitrogens with two attached hydrogens (primary N) is 1. The van der Waals surface area contributed by atoms with Crippen LogP contribution < -0.4 is 5.73 Å². The predicted molar refractivity (Wildman–Crippen MR) is 64.0 cm³/mol. The Labute approximate surface area is 110 Å². The van der Waals surface area contributed by atoms with Gasteiger partial charge in [-0.1, -0.05) is 24.3 Å². The molecule has 1 heterocycles. The standard InChI is InChI=1S/C10H8N2O.C2HF3O2/c11-10(13)9-6-5-7-3-1-2-4-8(7)12-9;3-2(4,5)1(6)7/h1-6H,(H2,11,13);(H,6,7). The van der Waals surface area contributed by atoms with E-state index in [2.05, 4.69) is 4.98 Å². The SMILES string of the molecule is NC(=O)c1ccc2ccccc2n1.O=C(O)C(F)(F)F. The zero-order valence-electron chi connectivity index (χ0n) is 9.89. The topological polar surface area (TPSA) is 93.3 Å². The van der Waals surface area contributed by atoms with Crippen LogP contribution in [0.3, 0.4) is 0 Å². The number of hydrogen-bond donors (Lipinski definition) is 2. The van der Waals surface area contributed by atoms with Crippen molar-refractivity contribution in [3.8, 4) is 0 Å². The number of aliphatic carboxylic acids is 1. The van der Waals surface area contributed by atoms with E-state index in [4.69, 9.17) is 15.6 Å². The largest absolute Gasteiger partial charge is 0.490 e. The number of carboxylic acid groups (broad SMARTS) is 1. The lowest BCUT2D eigenvalue weighted by molar-refractivity contribution is -0.192. The Morgan fingerprint density at radius 1 is 1.10 bits per heavy atom. The van der Waals surface area contributed by atoms with Gasteiger partial charge in [-0.05, 0) is 12.1 Å². The predicted octanol–water partition coefficient (Wildman–Crippen LogP) is 1.97. The van der Waals surface area contributed by atoms with Gasteiger partial charge >= 0.3 is 12.1 Å². The van der Waals surface area contributed by atoms with Crippen molar-refractivity contribution in [1.29, 1.82) is 0 Å². The van der Waals surface area contributed by atoms with Gasteiger partial charge in [0.05, 0.1) is 5.52 Å². The Kier molecular flexibility index (Phi) is 4.63. The normalized spacial score (nSPS) is 10.6. The summed E-state index contributed by atoms with van der Waals surface area (Å²) in [5.74, 6) is -3.25. The van der Waals surface area contributed by atoms with Gasteiger partial charge in [-0.25, -0.2) is 9.78 Å². The lowest BCUT2D eigenvalue weighted by Crippen LogP contribution is -2.21. The summed E-state index contributed by atoms with van der Waals surface area (Å²) in [6.07, 6.45) is -5.08. The highest BCUT2D eigenvalue weighted by molar-refractivity contribution is 5.93. The Balaban J connectivity index is 0.000000246. The third-order valence-corrected chi connectivity index (χ3v) is 2.09. The fourth-order valence-corrected chi connectivity index (χ4v) is 1.20. The molecule has 0 aliphatic rings. The molecule has 0 radical (unpaired) electrons. The van der Waals surface area contributed by atoms with Crippen molar-refractivity contribution in [2.24, 2.45) is 5.73 Å². The van der Waals surface area contributed by atoms with Crippen molar-refractivity contribution in [3.63, 3.8) is 0 Å². The van der Waals surface area contributed by atoms with Crippen molar-refractivity contribution in [2.45, 2.75) is 6.18 Å². The number of pyridine rings is 1. The lowest BCUT2D eigenvalue weighted by Gasteiger charge is -1.97. The summed E-state index contributed by atoms with van der Waals surface area (Å²) in [4.78, 5) is 23.8. The first-order valence-electron chi connectivity index (χ1n) is 5.17. The van der Waals surface area contributed by atoms with Crippen LogP contribution in [0.1, 0.15) is 10.5 Å². The van der Waals surface area contributed by atoms with Gasteiger partial charge < -0.3 is 10.8 Å². The number of halogens is 3. The number of carboxylic acids is 1. The molecule has 0 unspecified atom stereocenters. The van der Waals surface area contributed by atoms with Crippen LogP contribution in [0.15, 0.2) is 36.4 Å². The summed E-state index contributed by atoms with van der Waals surface area (Å²) in [6.45, 7) is 0. The number of primary amides is 1. The third kappa shape index (κ3) is 4.23. The van der Waals surface area contributed by atoms with Crippen molar-refractivity contribution < 1.29 is 27.9 Å². The summed E-state index contributed by atoms with van der Waals surface area (Å²) in [7, 11) is 0. The Morgan fingerprint density at radius 3 is 2.15 bits per heavy atom. The maximum Gasteiger partial charge on any atom is 0.490 e. The zero-order valence-corrected chi connectivity index (χ0v) is 9.89. The molecule has 1 aromatic carbocycles. The van der Waals surface area contributed by atoms with Crippen LogP contribution in [0.25, 0.3) is 10.9 Å². The van der Waals surface area contributed by atoms with Crippen LogP contribution in [0, 0.1) is 0 Å². The summed E-state index contributed by atoms with van der Waals surface area (Å²) in [6, 6.07) is 11.1. The minimum absolute atomic E-state index is 0.304. The number of carbonyl (C=O) groups is 2. The number of amides is 1. The van der Waals surface area contributed by atoms with E-state index in [0.29, 0.717) is 5.69 Å². The molecule has 2 rings (SSSR count). The number of fused-ring (bicyclic) bond motifs is 1. The number of benzene rings is 1. The molecule has 5 nitrogen and oxygen atoms in total. The number of hydrogen-bond acceptors (Lipinski definition) is 3. The molecule has 0 aliphatic carbocycles. The summed E-state index contributed by atoms with van der Waals surface area (Å²) in [5, 5.41) is 8.13. The molecule has 20 heavy (non-hydrogen) atoms. The number of alkyl halides is 3. The number of aromatic nitrogens is 1. The summed E-state index contributed by atoms with van der Waals surface area (Å²) >= 11 is 0. The van der Waals surface area contributed by atoms with Crippen LogP contribution in [0.5, 0.6) is 0 Å². The van der Waals surface area contributed by atoms with Gasteiger partial charge in [0.15, 0.2) is 0 Å². The van der Waals surface area contributed by atoms with Crippen LogP contribution in [0.2, 0.25) is 0 Å². The van der Waals surface area contributed by atoms with Crippen LogP contribution in [-0.4, -0.2) is 28.1 Å². The van der Waals surface area contributed by atoms with Crippen LogP contribution in [-0.2, 0) is 4.79 Å². The first-order chi connectivity index (χ1) is 9.21. The van der Waals surface area contributed by atoms with E-state index in [1.54, 1.807) is 6.07 Å². The van der Waals surface area contributed by atoms with Gasteiger partial charge in [-0.2, -0.15) is 13.2 Å².